The van der Waals surface area contributed by atoms with E-state index in [-0.39, 0.29) is 11.3 Å². The van der Waals surface area contributed by atoms with Crippen molar-refractivity contribution in [2.24, 2.45) is 0 Å². The van der Waals surface area contributed by atoms with Crippen LogP contribution in [-0.4, -0.2) is 17.9 Å². The molecule has 0 saturated carbocycles. The highest BCUT2D eigenvalue weighted by Gasteiger charge is 2.17. The first-order valence-electron chi connectivity index (χ1n) is 6.69. The van der Waals surface area contributed by atoms with E-state index >= 15 is 0 Å². The molecule has 0 bridgehead atoms. The molecule has 0 aliphatic heterocycles. The molecule has 0 radical (unpaired) electrons. The zero-order chi connectivity index (χ0) is 16.4. The predicted octanol–water partition coefficient (Wildman–Crippen LogP) is 3.60. The second-order valence-corrected chi connectivity index (χ2v) is 4.77. The Morgan fingerprint density at radius 2 is 2.09 bits per heavy atom. The standard InChI is InChI=1S/C16H12N2O5/c1-22-12-4-2-3-10(7-12)17-16(19)14-9-23-15-6-5-11(18(20)21)8-13(14)15/h2-9H,1H3,(H,17,19). The fourth-order valence-electron chi connectivity index (χ4n) is 2.21. The maximum Gasteiger partial charge on any atom is 0.270 e. The molecular weight excluding hydrogens is 300 g/mol. The monoisotopic (exact) mass is 312 g/mol. The van der Waals surface area contributed by atoms with E-state index in [1.807, 2.05) is 0 Å². The summed E-state index contributed by atoms with van der Waals surface area (Å²) in [5.41, 5.74) is 1.08. The van der Waals surface area contributed by atoms with Gasteiger partial charge in [-0.1, -0.05) is 6.07 Å². The predicted molar refractivity (Wildman–Crippen MR) is 83.8 cm³/mol. The van der Waals surface area contributed by atoms with Gasteiger partial charge in [0.1, 0.15) is 17.6 Å². The summed E-state index contributed by atoms with van der Waals surface area (Å²) < 4.78 is 10.4. The Morgan fingerprint density at radius 1 is 1.26 bits per heavy atom. The number of nitro groups is 1. The summed E-state index contributed by atoms with van der Waals surface area (Å²) in [7, 11) is 1.53. The lowest BCUT2D eigenvalue weighted by molar-refractivity contribution is -0.384. The molecule has 0 aliphatic rings. The summed E-state index contributed by atoms with van der Waals surface area (Å²) in [4.78, 5) is 22.7. The Labute approximate surface area is 130 Å². The largest absolute Gasteiger partial charge is 0.497 e. The van der Waals surface area contributed by atoms with Gasteiger partial charge in [0.15, 0.2) is 0 Å². The molecule has 0 fully saturated rings. The van der Waals surface area contributed by atoms with Crippen molar-refractivity contribution in [3.05, 3.63) is 64.4 Å². The Kier molecular flexibility index (Phi) is 3.68. The van der Waals surface area contributed by atoms with Crippen molar-refractivity contribution in [3.63, 3.8) is 0 Å². The van der Waals surface area contributed by atoms with Crippen molar-refractivity contribution in [3.8, 4) is 5.75 Å². The number of amides is 1. The average Bonchev–Trinajstić information content (AvgIpc) is 2.98. The maximum absolute atomic E-state index is 12.4. The summed E-state index contributed by atoms with van der Waals surface area (Å²) in [6, 6.07) is 11.0. The van der Waals surface area contributed by atoms with Crippen molar-refractivity contribution >= 4 is 28.3 Å². The summed E-state index contributed by atoms with van der Waals surface area (Å²) in [6.45, 7) is 0. The number of anilines is 1. The summed E-state index contributed by atoms with van der Waals surface area (Å²) in [6.07, 6.45) is 1.28. The van der Waals surface area contributed by atoms with Crippen LogP contribution in [-0.2, 0) is 0 Å². The number of hydrogen-bond acceptors (Lipinski definition) is 5. The van der Waals surface area contributed by atoms with Crippen LogP contribution in [0, 0.1) is 10.1 Å². The van der Waals surface area contributed by atoms with E-state index in [9.17, 15) is 14.9 Å². The lowest BCUT2D eigenvalue weighted by atomic mass is 10.1. The fourth-order valence-corrected chi connectivity index (χ4v) is 2.21. The van der Waals surface area contributed by atoms with Gasteiger partial charge in [0.2, 0.25) is 0 Å². The second-order valence-electron chi connectivity index (χ2n) is 4.77. The number of non-ortho nitro benzene ring substituents is 1. The second kappa shape index (κ2) is 5.80. The van der Waals surface area contributed by atoms with Gasteiger partial charge in [-0.15, -0.1) is 0 Å². The fraction of sp³-hybridized carbons (Fsp3) is 0.0625. The van der Waals surface area contributed by atoms with Crippen molar-refractivity contribution < 1.29 is 18.9 Å². The molecule has 1 N–H and O–H groups in total. The number of nitro benzene ring substituents is 1. The van der Waals surface area contributed by atoms with Crippen LogP contribution in [0.25, 0.3) is 11.0 Å². The van der Waals surface area contributed by atoms with E-state index in [1.165, 1.54) is 31.6 Å². The molecule has 0 aliphatic carbocycles. The molecule has 1 heterocycles. The minimum absolute atomic E-state index is 0.102. The number of hydrogen-bond donors (Lipinski definition) is 1. The van der Waals surface area contributed by atoms with Gasteiger partial charge in [0.05, 0.1) is 17.6 Å². The SMILES string of the molecule is COc1cccc(NC(=O)c2coc3ccc([N+](=O)[O-])cc23)c1. The number of rotatable bonds is 4. The van der Waals surface area contributed by atoms with Crippen LogP contribution in [0.15, 0.2) is 53.1 Å². The molecule has 0 spiro atoms. The van der Waals surface area contributed by atoms with Gasteiger partial charge in [-0.25, -0.2) is 0 Å². The number of benzene rings is 2. The van der Waals surface area contributed by atoms with Gasteiger partial charge in [0, 0.05) is 29.3 Å². The quantitative estimate of drug-likeness (QED) is 0.586. The molecule has 23 heavy (non-hydrogen) atoms. The van der Waals surface area contributed by atoms with Gasteiger partial charge in [-0.3, -0.25) is 14.9 Å². The minimum Gasteiger partial charge on any atom is -0.497 e. The number of nitrogens with zero attached hydrogens (tertiary/aromatic N) is 1. The van der Waals surface area contributed by atoms with E-state index in [0.29, 0.717) is 22.4 Å². The summed E-state index contributed by atoms with van der Waals surface area (Å²) in [5, 5.41) is 14.0. The first-order valence-corrected chi connectivity index (χ1v) is 6.69. The van der Waals surface area contributed by atoms with Gasteiger partial charge < -0.3 is 14.5 Å². The van der Waals surface area contributed by atoms with Crippen molar-refractivity contribution in [1.82, 2.24) is 0 Å². The number of nitrogens with one attached hydrogen (secondary N) is 1. The summed E-state index contributed by atoms with van der Waals surface area (Å²) >= 11 is 0. The first kappa shape index (κ1) is 14.6. The zero-order valence-electron chi connectivity index (χ0n) is 12.1. The number of fused-ring (bicyclic) bond motifs is 1. The number of ether oxygens (including phenoxy) is 1. The highest BCUT2D eigenvalue weighted by molar-refractivity contribution is 6.12. The molecule has 3 aromatic rings. The van der Waals surface area contributed by atoms with E-state index in [1.54, 1.807) is 24.3 Å². The Morgan fingerprint density at radius 3 is 2.83 bits per heavy atom. The average molecular weight is 312 g/mol. The topological polar surface area (TPSA) is 94.6 Å². The van der Waals surface area contributed by atoms with Gasteiger partial charge in [-0.2, -0.15) is 0 Å². The molecule has 7 heteroatoms. The molecule has 0 atom stereocenters. The molecule has 1 aromatic heterocycles. The Balaban J connectivity index is 1.94. The van der Waals surface area contributed by atoms with Crippen LogP contribution >= 0.6 is 0 Å². The lowest BCUT2D eigenvalue weighted by Crippen LogP contribution is -2.11. The lowest BCUT2D eigenvalue weighted by Gasteiger charge is -2.06. The molecule has 2 aromatic carbocycles. The number of furan rings is 1. The van der Waals surface area contributed by atoms with Crippen LogP contribution in [0.3, 0.4) is 0 Å². The van der Waals surface area contributed by atoms with Crippen LogP contribution in [0.2, 0.25) is 0 Å². The highest BCUT2D eigenvalue weighted by Crippen LogP contribution is 2.27. The van der Waals surface area contributed by atoms with E-state index < -0.39 is 10.8 Å². The smallest absolute Gasteiger partial charge is 0.270 e. The number of carbonyl (C=O) groups is 1. The normalized spacial score (nSPS) is 10.5. The van der Waals surface area contributed by atoms with Crippen molar-refractivity contribution in [2.75, 3.05) is 12.4 Å². The van der Waals surface area contributed by atoms with Gasteiger partial charge >= 0.3 is 0 Å². The molecular formula is C16H12N2O5. The van der Waals surface area contributed by atoms with Crippen LogP contribution in [0.4, 0.5) is 11.4 Å². The van der Waals surface area contributed by atoms with Crippen molar-refractivity contribution in [2.45, 2.75) is 0 Å². The maximum atomic E-state index is 12.4. The Hall–Kier alpha value is -3.35. The molecule has 116 valence electrons. The molecule has 0 saturated heterocycles. The molecule has 1 amide bonds. The highest BCUT2D eigenvalue weighted by atomic mass is 16.6. The van der Waals surface area contributed by atoms with Crippen LogP contribution in [0.5, 0.6) is 5.75 Å². The molecule has 0 unspecified atom stereocenters. The van der Waals surface area contributed by atoms with Gasteiger partial charge in [0.25, 0.3) is 11.6 Å². The van der Waals surface area contributed by atoms with E-state index in [2.05, 4.69) is 5.32 Å². The summed E-state index contributed by atoms with van der Waals surface area (Å²) in [5.74, 6) is 0.188. The van der Waals surface area contributed by atoms with Crippen LogP contribution < -0.4 is 10.1 Å². The third kappa shape index (κ3) is 2.84. The Bertz CT molecular complexity index is 900. The third-order valence-corrected chi connectivity index (χ3v) is 3.34. The van der Waals surface area contributed by atoms with Crippen molar-refractivity contribution in [1.29, 1.82) is 0 Å². The third-order valence-electron chi connectivity index (χ3n) is 3.34. The van der Waals surface area contributed by atoms with Crippen LogP contribution in [0.1, 0.15) is 10.4 Å². The number of methoxy groups -OCH3 is 1. The van der Waals surface area contributed by atoms with Gasteiger partial charge in [-0.05, 0) is 18.2 Å². The molecule has 3 rings (SSSR count). The molecule has 7 nitrogen and oxygen atoms in total. The zero-order valence-corrected chi connectivity index (χ0v) is 12.1. The number of carbonyl (C=O) groups excluding carboxylic acids is 1. The minimum atomic E-state index is -0.518. The first-order chi connectivity index (χ1) is 11.1. The van der Waals surface area contributed by atoms with E-state index in [0.717, 1.165) is 0 Å². The van der Waals surface area contributed by atoms with E-state index in [4.69, 9.17) is 9.15 Å².